The van der Waals surface area contributed by atoms with Crippen molar-refractivity contribution in [2.24, 2.45) is 0 Å². The Labute approximate surface area is 395 Å². The van der Waals surface area contributed by atoms with Crippen LogP contribution in [-0.2, 0) is 28.6 Å². The van der Waals surface area contributed by atoms with Gasteiger partial charge in [-0.3, -0.25) is 14.4 Å². The molecule has 0 saturated heterocycles. The van der Waals surface area contributed by atoms with Crippen LogP contribution in [0.3, 0.4) is 0 Å². The first-order chi connectivity index (χ1) is 31.5. The molecule has 0 aromatic heterocycles. The van der Waals surface area contributed by atoms with E-state index >= 15 is 0 Å². The molecule has 0 aromatic rings. The highest BCUT2D eigenvalue weighted by atomic mass is 16.6. The molecule has 1 unspecified atom stereocenters. The molecular formula is C58H100O6. The molecule has 6 heteroatoms. The van der Waals surface area contributed by atoms with Crippen LogP contribution < -0.4 is 0 Å². The van der Waals surface area contributed by atoms with Gasteiger partial charge < -0.3 is 14.2 Å². The number of unbranched alkanes of at least 4 members (excludes halogenated alkanes) is 25. The van der Waals surface area contributed by atoms with Gasteiger partial charge in [-0.1, -0.05) is 209 Å². The van der Waals surface area contributed by atoms with Crippen molar-refractivity contribution in [3.63, 3.8) is 0 Å². The van der Waals surface area contributed by atoms with Gasteiger partial charge in [-0.05, 0) is 103 Å². The first kappa shape index (κ1) is 60.9. The Hall–Kier alpha value is -3.15. The number of hydrogen-bond acceptors (Lipinski definition) is 6. The fraction of sp³-hybridized carbons (Fsp3) is 0.741. The quantitative estimate of drug-likeness (QED) is 0.0262. The van der Waals surface area contributed by atoms with E-state index in [0.717, 1.165) is 128 Å². The topological polar surface area (TPSA) is 78.9 Å². The molecule has 0 aliphatic heterocycles. The van der Waals surface area contributed by atoms with Crippen molar-refractivity contribution in [2.75, 3.05) is 13.2 Å². The summed E-state index contributed by atoms with van der Waals surface area (Å²) < 4.78 is 16.8. The van der Waals surface area contributed by atoms with Gasteiger partial charge in [0, 0.05) is 19.3 Å². The van der Waals surface area contributed by atoms with E-state index in [2.05, 4.69) is 93.7 Å². The normalized spacial score (nSPS) is 12.6. The summed E-state index contributed by atoms with van der Waals surface area (Å²) in [5, 5.41) is 0. The smallest absolute Gasteiger partial charge is 0.306 e. The van der Waals surface area contributed by atoms with Crippen molar-refractivity contribution < 1.29 is 28.6 Å². The van der Waals surface area contributed by atoms with Crippen LogP contribution in [0.4, 0.5) is 0 Å². The van der Waals surface area contributed by atoms with E-state index in [1.165, 1.54) is 89.9 Å². The second-order valence-corrected chi connectivity index (χ2v) is 17.7. The Balaban J connectivity index is 4.41. The number of rotatable bonds is 48. The van der Waals surface area contributed by atoms with Gasteiger partial charge in [-0.25, -0.2) is 0 Å². The molecule has 0 aromatic carbocycles. The number of carbonyl (C=O) groups is 3. The third kappa shape index (κ3) is 49.9. The highest BCUT2D eigenvalue weighted by Crippen LogP contribution is 2.14. The van der Waals surface area contributed by atoms with Crippen LogP contribution in [-0.4, -0.2) is 37.2 Å². The van der Waals surface area contributed by atoms with E-state index in [4.69, 9.17) is 14.2 Å². The van der Waals surface area contributed by atoms with Crippen LogP contribution in [0.2, 0.25) is 0 Å². The maximum absolute atomic E-state index is 12.8. The lowest BCUT2D eigenvalue weighted by Crippen LogP contribution is -2.30. The summed E-state index contributed by atoms with van der Waals surface area (Å²) in [5.41, 5.74) is 0. The Morgan fingerprint density at radius 3 is 1.03 bits per heavy atom. The van der Waals surface area contributed by atoms with Crippen molar-refractivity contribution in [2.45, 2.75) is 264 Å². The summed E-state index contributed by atoms with van der Waals surface area (Å²) in [6.07, 6.45) is 66.0. The molecule has 0 aliphatic rings. The number of allylic oxidation sites excluding steroid dienone is 12. The fourth-order valence-electron chi connectivity index (χ4n) is 7.37. The molecule has 0 rings (SSSR count). The zero-order chi connectivity index (χ0) is 46.5. The average Bonchev–Trinajstić information content (AvgIpc) is 3.29. The van der Waals surface area contributed by atoms with Crippen LogP contribution in [0.15, 0.2) is 72.9 Å². The van der Waals surface area contributed by atoms with E-state index in [9.17, 15) is 14.4 Å². The summed E-state index contributed by atoms with van der Waals surface area (Å²) in [6.45, 7) is 6.44. The van der Waals surface area contributed by atoms with Gasteiger partial charge in [-0.15, -0.1) is 0 Å². The monoisotopic (exact) mass is 893 g/mol. The summed E-state index contributed by atoms with van der Waals surface area (Å²) in [4.78, 5) is 38.0. The van der Waals surface area contributed by atoms with Crippen molar-refractivity contribution in [3.8, 4) is 0 Å². The number of ether oxygens (including phenoxy) is 3. The zero-order valence-corrected chi connectivity index (χ0v) is 42.0. The van der Waals surface area contributed by atoms with Crippen LogP contribution in [0.5, 0.6) is 0 Å². The molecule has 0 aliphatic carbocycles. The van der Waals surface area contributed by atoms with Gasteiger partial charge in [0.05, 0.1) is 0 Å². The Morgan fingerprint density at radius 2 is 0.641 bits per heavy atom. The molecule has 0 radical (unpaired) electrons. The van der Waals surface area contributed by atoms with Gasteiger partial charge in [0.25, 0.3) is 0 Å². The first-order valence-electron chi connectivity index (χ1n) is 26.9. The van der Waals surface area contributed by atoms with Crippen LogP contribution in [0.1, 0.15) is 258 Å². The molecule has 0 N–H and O–H groups in total. The molecule has 1 atom stereocenters. The third-order valence-electron chi connectivity index (χ3n) is 11.4. The number of hydrogen-bond donors (Lipinski definition) is 0. The minimum atomic E-state index is -0.791. The first-order valence-corrected chi connectivity index (χ1v) is 26.9. The molecule has 64 heavy (non-hydrogen) atoms. The lowest BCUT2D eigenvalue weighted by molar-refractivity contribution is -0.167. The van der Waals surface area contributed by atoms with E-state index in [-0.39, 0.29) is 31.1 Å². The molecule has 6 nitrogen and oxygen atoms in total. The van der Waals surface area contributed by atoms with Crippen molar-refractivity contribution in [1.29, 1.82) is 0 Å². The van der Waals surface area contributed by atoms with Gasteiger partial charge in [0.2, 0.25) is 0 Å². The summed E-state index contributed by atoms with van der Waals surface area (Å²) in [7, 11) is 0. The van der Waals surface area contributed by atoms with Crippen molar-refractivity contribution in [3.05, 3.63) is 72.9 Å². The lowest BCUT2D eigenvalue weighted by Gasteiger charge is -2.18. The number of carbonyl (C=O) groups excluding carboxylic acids is 3. The minimum absolute atomic E-state index is 0.0893. The van der Waals surface area contributed by atoms with Crippen LogP contribution >= 0.6 is 0 Å². The molecule has 0 spiro atoms. The van der Waals surface area contributed by atoms with Crippen LogP contribution in [0.25, 0.3) is 0 Å². The van der Waals surface area contributed by atoms with Gasteiger partial charge in [0.1, 0.15) is 13.2 Å². The Kier molecular flexibility index (Phi) is 49.9. The SMILES string of the molecule is CC/C=C\C/C=C\C/C=C\CCCCCCCC(=O)OC(COC(=O)CCCCCCC/C=C\C/C=C\CCC)COC(=O)CCCCCCCCC/C=C\CCCCCCCCC. The van der Waals surface area contributed by atoms with E-state index < -0.39 is 6.10 Å². The maximum atomic E-state index is 12.8. The van der Waals surface area contributed by atoms with Crippen molar-refractivity contribution in [1.82, 2.24) is 0 Å². The molecule has 0 heterocycles. The summed E-state index contributed by atoms with van der Waals surface area (Å²) in [5.74, 6) is -0.922. The molecule has 0 fully saturated rings. The molecule has 0 bridgehead atoms. The fourth-order valence-corrected chi connectivity index (χ4v) is 7.37. The van der Waals surface area contributed by atoms with Crippen molar-refractivity contribution >= 4 is 17.9 Å². The Morgan fingerprint density at radius 1 is 0.328 bits per heavy atom. The molecule has 0 amide bonds. The highest BCUT2D eigenvalue weighted by molar-refractivity contribution is 5.71. The predicted octanol–water partition coefficient (Wildman–Crippen LogP) is 17.8. The molecule has 368 valence electrons. The largest absolute Gasteiger partial charge is 0.462 e. The number of esters is 3. The van der Waals surface area contributed by atoms with Crippen LogP contribution in [0, 0.1) is 0 Å². The average molecular weight is 893 g/mol. The van der Waals surface area contributed by atoms with Gasteiger partial charge in [0.15, 0.2) is 6.10 Å². The summed E-state index contributed by atoms with van der Waals surface area (Å²) in [6, 6.07) is 0. The Bertz CT molecular complexity index is 1210. The second kappa shape index (κ2) is 52.5. The predicted molar refractivity (Wildman–Crippen MR) is 274 cm³/mol. The van der Waals surface area contributed by atoms with E-state index in [0.29, 0.717) is 19.3 Å². The van der Waals surface area contributed by atoms with Gasteiger partial charge >= 0.3 is 17.9 Å². The standard InChI is InChI=1S/C58H100O6/c1-4-7-10-13-16-19-22-25-27-28-29-31-33-36-39-42-45-48-51-57(60)63-54-55(53-62-56(59)50-47-44-41-38-35-32-24-21-18-15-12-9-6-3)64-58(61)52-49-46-43-40-37-34-30-26-23-20-17-14-11-8-5-2/h8,11-12,15,17,20-21,24,26-28,30,55H,4-7,9-10,13-14,16,18-19,22-23,25,29,31-54H2,1-3H3/b11-8-,15-12-,20-17-,24-21-,28-27-,30-26-. The third-order valence-corrected chi connectivity index (χ3v) is 11.4. The zero-order valence-electron chi connectivity index (χ0n) is 42.0. The minimum Gasteiger partial charge on any atom is -0.462 e. The second-order valence-electron chi connectivity index (χ2n) is 17.7. The molecule has 0 saturated carbocycles. The van der Waals surface area contributed by atoms with E-state index in [1.54, 1.807) is 0 Å². The highest BCUT2D eigenvalue weighted by Gasteiger charge is 2.19. The van der Waals surface area contributed by atoms with E-state index in [1.807, 2.05) is 0 Å². The van der Waals surface area contributed by atoms with Gasteiger partial charge in [-0.2, -0.15) is 0 Å². The molecular weight excluding hydrogens is 793 g/mol. The maximum Gasteiger partial charge on any atom is 0.306 e. The summed E-state index contributed by atoms with van der Waals surface area (Å²) >= 11 is 0. The lowest BCUT2D eigenvalue weighted by atomic mass is 10.1.